The molecule has 6 nitrogen and oxygen atoms in total. The number of ether oxygens (including phenoxy) is 1. The fourth-order valence-corrected chi connectivity index (χ4v) is 4.08. The molecule has 1 aliphatic heterocycles. The van der Waals surface area contributed by atoms with Crippen molar-refractivity contribution in [3.05, 3.63) is 71.2 Å². The van der Waals surface area contributed by atoms with Gasteiger partial charge in [0.2, 0.25) is 5.88 Å². The highest BCUT2D eigenvalue weighted by Crippen LogP contribution is 2.29. The molecular weight excluding hydrogens is 494 g/mol. The number of allylic oxidation sites excluding steroid dienone is 2. The number of hydrogen-bond acceptors (Lipinski definition) is 6. The molecule has 0 saturated carbocycles. The zero-order valence-corrected chi connectivity index (χ0v) is 26.5. The van der Waals surface area contributed by atoms with Gasteiger partial charge in [0.15, 0.2) is 0 Å². The Labute approximate surface area is 244 Å². The summed E-state index contributed by atoms with van der Waals surface area (Å²) in [5.41, 5.74) is 8.32. The van der Waals surface area contributed by atoms with E-state index < -0.39 is 0 Å². The molecule has 2 heterocycles. The molecule has 0 unspecified atom stereocenters. The summed E-state index contributed by atoms with van der Waals surface area (Å²) in [6.07, 6.45) is 10.7. The molecule has 3 rings (SSSR count). The first-order valence-corrected chi connectivity index (χ1v) is 15.2. The number of benzene rings is 1. The summed E-state index contributed by atoms with van der Waals surface area (Å²) in [6.45, 7) is 25.0. The van der Waals surface area contributed by atoms with E-state index in [1.165, 1.54) is 48.2 Å². The van der Waals surface area contributed by atoms with Gasteiger partial charge in [0.25, 0.3) is 0 Å². The molecular formula is C34H55N5O. The maximum absolute atomic E-state index is 5.39. The van der Waals surface area contributed by atoms with Crippen LogP contribution in [0.1, 0.15) is 90.3 Å². The number of aryl methyl sites for hydroxylation is 2. The third-order valence-corrected chi connectivity index (χ3v) is 6.55. The SMILES string of the molecule is C=C(/N=C(CC)\C(=C/C)CCC)Nc1ccc(CC)cc1.CCCNCCC.Cc1cnc2c(c1C)NCCO2. The van der Waals surface area contributed by atoms with Crippen LogP contribution in [0, 0.1) is 13.8 Å². The van der Waals surface area contributed by atoms with Gasteiger partial charge in [-0.1, -0.05) is 65.8 Å². The number of nitrogens with zero attached hydrogens (tertiary/aromatic N) is 2. The number of anilines is 2. The fourth-order valence-electron chi connectivity index (χ4n) is 4.08. The predicted molar refractivity (Wildman–Crippen MR) is 176 cm³/mol. The van der Waals surface area contributed by atoms with Crippen molar-refractivity contribution in [2.45, 2.75) is 93.9 Å². The van der Waals surface area contributed by atoms with Gasteiger partial charge in [0.1, 0.15) is 18.1 Å². The fraction of sp³-hybridized carbons (Fsp3) is 0.529. The van der Waals surface area contributed by atoms with E-state index in [4.69, 9.17) is 4.74 Å². The summed E-state index contributed by atoms with van der Waals surface area (Å²) < 4.78 is 5.39. The topological polar surface area (TPSA) is 70.6 Å². The van der Waals surface area contributed by atoms with E-state index >= 15 is 0 Å². The monoisotopic (exact) mass is 549 g/mol. The molecule has 1 aliphatic rings. The van der Waals surface area contributed by atoms with E-state index in [-0.39, 0.29) is 0 Å². The normalized spacial score (nSPS) is 12.5. The smallest absolute Gasteiger partial charge is 0.237 e. The molecule has 0 saturated heterocycles. The van der Waals surface area contributed by atoms with Gasteiger partial charge in [0.05, 0.1) is 0 Å². The lowest BCUT2D eigenvalue weighted by Crippen LogP contribution is -2.20. The van der Waals surface area contributed by atoms with Crippen molar-refractivity contribution in [1.29, 1.82) is 0 Å². The summed E-state index contributed by atoms with van der Waals surface area (Å²) in [5, 5.41) is 9.84. The van der Waals surface area contributed by atoms with Gasteiger partial charge in [-0.25, -0.2) is 9.98 Å². The number of hydrogen-bond donors (Lipinski definition) is 3. The van der Waals surface area contributed by atoms with E-state index in [1.54, 1.807) is 0 Å². The zero-order chi connectivity index (χ0) is 29.8. The summed E-state index contributed by atoms with van der Waals surface area (Å²) >= 11 is 0. The molecule has 0 atom stereocenters. The standard InChI is InChI=1S/C19H28N2.C9H12N2O.C6H15N/c1-6-10-17(8-3)19(9-4)21-15(5)20-18-13-11-16(7-2)12-14-18;1-6-5-11-9-8(7(6)2)10-3-4-12-9;1-3-5-7-6-4-2/h8,11-14,20H,5-7,9-10H2,1-4H3;5,10H,3-4H2,1-2H3;7H,3-6H2,1-2H3/b17-8-,21-19-;;. The van der Waals surface area contributed by atoms with E-state index in [0.717, 1.165) is 55.2 Å². The van der Waals surface area contributed by atoms with Crippen LogP contribution in [0.5, 0.6) is 5.88 Å². The molecule has 2 aromatic rings. The molecule has 0 fully saturated rings. The van der Waals surface area contributed by atoms with Crippen LogP contribution in [0.15, 0.2) is 59.5 Å². The van der Waals surface area contributed by atoms with Crippen molar-refractivity contribution in [1.82, 2.24) is 10.3 Å². The molecule has 0 spiro atoms. The van der Waals surface area contributed by atoms with Gasteiger partial charge in [-0.3, -0.25) is 0 Å². The molecule has 222 valence electrons. The third-order valence-electron chi connectivity index (χ3n) is 6.55. The molecule has 0 amide bonds. The molecule has 3 N–H and O–H groups in total. The third kappa shape index (κ3) is 12.8. The summed E-state index contributed by atoms with van der Waals surface area (Å²) in [6, 6.07) is 8.42. The average molecular weight is 550 g/mol. The molecule has 6 heteroatoms. The van der Waals surface area contributed by atoms with Gasteiger partial charge in [0, 0.05) is 24.1 Å². The second kappa shape index (κ2) is 20.7. The molecule has 0 radical (unpaired) electrons. The highest BCUT2D eigenvalue weighted by Gasteiger charge is 2.13. The molecule has 0 aliphatic carbocycles. The minimum Gasteiger partial charge on any atom is -0.474 e. The molecule has 1 aromatic carbocycles. The number of fused-ring (bicyclic) bond motifs is 1. The number of aliphatic imine (C=N–C) groups is 1. The summed E-state index contributed by atoms with van der Waals surface area (Å²) in [7, 11) is 0. The van der Waals surface area contributed by atoms with Gasteiger partial charge in [-0.15, -0.1) is 0 Å². The van der Waals surface area contributed by atoms with Crippen LogP contribution in [0.4, 0.5) is 11.4 Å². The predicted octanol–water partition coefficient (Wildman–Crippen LogP) is 8.63. The zero-order valence-electron chi connectivity index (χ0n) is 26.5. The Morgan fingerprint density at radius 3 is 2.27 bits per heavy atom. The van der Waals surface area contributed by atoms with Crippen LogP contribution in [-0.2, 0) is 6.42 Å². The van der Waals surface area contributed by atoms with E-state index in [2.05, 4.69) is 118 Å². The highest BCUT2D eigenvalue weighted by atomic mass is 16.5. The lowest BCUT2D eigenvalue weighted by atomic mass is 10.0. The Kier molecular flexibility index (Phi) is 18.1. The first-order chi connectivity index (χ1) is 19.3. The summed E-state index contributed by atoms with van der Waals surface area (Å²) in [4.78, 5) is 8.86. The lowest BCUT2D eigenvalue weighted by molar-refractivity contribution is 0.310. The van der Waals surface area contributed by atoms with E-state index in [0.29, 0.717) is 12.4 Å². The van der Waals surface area contributed by atoms with Gasteiger partial charge in [-0.2, -0.15) is 0 Å². The minimum absolute atomic E-state index is 0.701. The van der Waals surface area contributed by atoms with Gasteiger partial charge < -0.3 is 20.7 Å². The lowest BCUT2D eigenvalue weighted by Gasteiger charge is -2.20. The van der Waals surface area contributed by atoms with Gasteiger partial charge in [-0.05, 0) is 100 Å². The van der Waals surface area contributed by atoms with Crippen LogP contribution in [-0.4, -0.2) is 36.9 Å². The summed E-state index contributed by atoms with van der Waals surface area (Å²) in [5.74, 6) is 1.44. The van der Waals surface area contributed by atoms with Crippen molar-refractivity contribution < 1.29 is 4.74 Å². The second-order valence-electron chi connectivity index (χ2n) is 9.87. The van der Waals surface area contributed by atoms with Crippen LogP contribution in [0.3, 0.4) is 0 Å². The number of aromatic nitrogens is 1. The Morgan fingerprint density at radius 1 is 1.05 bits per heavy atom. The van der Waals surface area contributed by atoms with E-state index in [1.807, 2.05) is 6.20 Å². The van der Waals surface area contributed by atoms with Crippen molar-refractivity contribution >= 4 is 17.1 Å². The Morgan fingerprint density at radius 2 is 1.73 bits per heavy atom. The van der Waals surface area contributed by atoms with Crippen LogP contribution in [0.2, 0.25) is 0 Å². The second-order valence-corrected chi connectivity index (χ2v) is 9.87. The highest BCUT2D eigenvalue weighted by molar-refractivity contribution is 6.00. The van der Waals surface area contributed by atoms with Crippen molar-refractivity contribution in [3.63, 3.8) is 0 Å². The quantitative estimate of drug-likeness (QED) is 0.183. The Balaban J connectivity index is 0.000000350. The molecule has 0 bridgehead atoms. The van der Waals surface area contributed by atoms with Crippen molar-refractivity contribution in [2.24, 2.45) is 4.99 Å². The first kappa shape index (κ1) is 34.9. The van der Waals surface area contributed by atoms with Crippen LogP contribution < -0.4 is 20.7 Å². The molecule has 40 heavy (non-hydrogen) atoms. The molecule has 1 aromatic heterocycles. The maximum atomic E-state index is 5.39. The first-order valence-electron chi connectivity index (χ1n) is 15.2. The van der Waals surface area contributed by atoms with Crippen molar-refractivity contribution in [3.8, 4) is 5.88 Å². The Bertz CT molecular complexity index is 1050. The van der Waals surface area contributed by atoms with Crippen molar-refractivity contribution in [2.75, 3.05) is 36.9 Å². The number of nitrogens with one attached hydrogen (secondary N) is 3. The van der Waals surface area contributed by atoms with Crippen LogP contribution in [0.25, 0.3) is 0 Å². The van der Waals surface area contributed by atoms with Gasteiger partial charge >= 0.3 is 0 Å². The van der Waals surface area contributed by atoms with E-state index in [9.17, 15) is 0 Å². The average Bonchev–Trinajstić information content (AvgIpc) is 2.98. The Hall–Kier alpha value is -3.12. The number of rotatable bonds is 12. The minimum atomic E-state index is 0.701. The number of pyridine rings is 1. The largest absolute Gasteiger partial charge is 0.474 e. The maximum Gasteiger partial charge on any atom is 0.237 e. The van der Waals surface area contributed by atoms with Crippen LogP contribution >= 0.6 is 0 Å².